The first-order valence-corrected chi connectivity index (χ1v) is 10.4. The molecule has 0 bridgehead atoms. The van der Waals surface area contributed by atoms with Crippen LogP contribution in [-0.4, -0.2) is 36.4 Å². The topological polar surface area (TPSA) is 58.6 Å². The summed E-state index contributed by atoms with van der Waals surface area (Å²) in [4.78, 5) is 26.5. The maximum atomic E-state index is 12.8. The normalized spacial score (nSPS) is 16.3. The first kappa shape index (κ1) is 19.6. The number of benzene rings is 1. The molecule has 1 aliphatic heterocycles. The molecule has 3 rings (SSSR count). The van der Waals surface area contributed by atoms with Crippen molar-refractivity contribution in [2.45, 2.75) is 38.6 Å². The predicted octanol–water partition coefficient (Wildman–Crippen LogP) is 4.02. The van der Waals surface area contributed by atoms with Gasteiger partial charge in [-0.3, -0.25) is 14.5 Å². The van der Waals surface area contributed by atoms with E-state index in [0.29, 0.717) is 17.9 Å². The second-order valence-electron chi connectivity index (χ2n) is 6.82. The summed E-state index contributed by atoms with van der Waals surface area (Å²) in [7, 11) is 0. The Morgan fingerprint density at radius 2 is 1.89 bits per heavy atom. The number of thiophene rings is 1. The van der Waals surface area contributed by atoms with Crippen LogP contribution >= 0.6 is 11.3 Å². The Labute approximate surface area is 164 Å². The fraction of sp³-hybridized carbons (Fsp3) is 0.429. The van der Waals surface area contributed by atoms with Crippen molar-refractivity contribution < 1.29 is 14.3 Å². The summed E-state index contributed by atoms with van der Waals surface area (Å²) in [5.41, 5.74) is 1.63. The van der Waals surface area contributed by atoms with Crippen molar-refractivity contribution in [1.82, 2.24) is 10.2 Å². The van der Waals surface area contributed by atoms with Crippen molar-refractivity contribution in [3.8, 4) is 5.75 Å². The van der Waals surface area contributed by atoms with Gasteiger partial charge in [-0.25, -0.2) is 0 Å². The van der Waals surface area contributed by atoms with Gasteiger partial charge in [-0.1, -0.05) is 25.0 Å². The highest BCUT2D eigenvalue weighted by molar-refractivity contribution is 7.07. The highest BCUT2D eigenvalue weighted by Gasteiger charge is 2.23. The lowest BCUT2D eigenvalue weighted by molar-refractivity contribution is -0.131. The number of hydrogen-bond acceptors (Lipinski definition) is 5. The molecular formula is C21H26N2O3S. The summed E-state index contributed by atoms with van der Waals surface area (Å²) < 4.78 is 5.17. The van der Waals surface area contributed by atoms with E-state index in [2.05, 4.69) is 27.0 Å². The molecule has 1 N–H and O–H groups in total. The standard InChI is InChI=1S/C21H26N2O3S/c1-16(24)26-20-9-5-4-8-18(20)21(25)22-14-19(17-10-13-27-15-17)23-11-6-2-3-7-12-23/h4-5,8-10,13,15,19H,2-3,6-7,11-12,14H2,1H3,(H,22,25). The Bertz CT molecular complexity index is 753. The number of amides is 1. The van der Waals surface area contributed by atoms with Gasteiger partial charge in [0.15, 0.2) is 0 Å². The lowest BCUT2D eigenvalue weighted by Crippen LogP contribution is -2.38. The minimum atomic E-state index is -0.434. The Kier molecular flexibility index (Phi) is 7.01. The summed E-state index contributed by atoms with van der Waals surface area (Å²) >= 11 is 1.68. The first-order valence-electron chi connectivity index (χ1n) is 9.47. The molecule has 0 radical (unpaired) electrons. The number of para-hydroxylation sites is 1. The molecule has 0 aliphatic carbocycles. The number of nitrogens with zero attached hydrogens (tertiary/aromatic N) is 1. The van der Waals surface area contributed by atoms with E-state index in [1.54, 1.807) is 35.6 Å². The third kappa shape index (κ3) is 5.40. The van der Waals surface area contributed by atoms with Crippen molar-refractivity contribution in [3.63, 3.8) is 0 Å². The number of esters is 1. The van der Waals surface area contributed by atoms with E-state index < -0.39 is 5.97 Å². The Balaban J connectivity index is 1.72. The molecule has 1 atom stereocenters. The molecule has 0 saturated carbocycles. The van der Waals surface area contributed by atoms with Crippen LogP contribution in [0.2, 0.25) is 0 Å². The summed E-state index contributed by atoms with van der Waals surface area (Å²) in [6, 6.07) is 9.15. The lowest BCUT2D eigenvalue weighted by Gasteiger charge is -2.30. The van der Waals surface area contributed by atoms with Crippen molar-refractivity contribution in [1.29, 1.82) is 0 Å². The number of ether oxygens (including phenoxy) is 1. The van der Waals surface area contributed by atoms with Gasteiger partial charge in [-0.2, -0.15) is 11.3 Å². The largest absolute Gasteiger partial charge is 0.426 e. The zero-order valence-electron chi connectivity index (χ0n) is 15.6. The Morgan fingerprint density at radius 3 is 2.56 bits per heavy atom. The molecule has 144 valence electrons. The first-order chi connectivity index (χ1) is 13.1. The highest BCUT2D eigenvalue weighted by Crippen LogP contribution is 2.26. The second-order valence-corrected chi connectivity index (χ2v) is 7.60. The van der Waals surface area contributed by atoms with E-state index in [0.717, 1.165) is 13.1 Å². The van der Waals surface area contributed by atoms with Crippen molar-refractivity contribution >= 4 is 23.2 Å². The molecule has 27 heavy (non-hydrogen) atoms. The molecule has 1 aromatic carbocycles. The van der Waals surface area contributed by atoms with Crippen LogP contribution in [0.15, 0.2) is 41.1 Å². The predicted molar refractivity (Wildman–Crippen MR) is 107 cm³/mol. The highest BCUT2D eigenvalue weighted by atomic mass is 32.1. The van der Waals surface area contributed by atoms with Gasteiger partial charge in [0.05, 0.1) is 11.6 Å². The van der Waals surface area contributed by atoms with Crippen molar-refractivity contribution in [2.75, 3.05) is 19.6 Å². The molecule has 2 heterocycles. The van der Waals surface area contributed by atoms with Crippen LogP contribution in [-0.2, 0) is 4.79 Å². The fourth-order valence-corrected chi connectivity index (χ4v) is 4.22. The van der Waals surface area contributed by atoms with Gasteiger partial charge < -0.3 is 10.1 Å². The van der Waals surface area contributed by atoms with E-state index in [1.165, 1.54) is 38.2 Å². The van der Waals surface area contributed by atoms with Gasteiger partial charge in [0.1, 0.15) is 5.75 Å². The summed E-state index contributed by atoms with van der Waals surface area (Å²) in [5.74, 6) is -0.359. The number of likely N-dealkylation sites (tertiary alicyclic amines) is 1. The molecule has 5 nitrogen and oxygen atoms in total. The Morgan fingerprint density at radius 1 is 1.15 bits per heavy atom. The number of carbonyl (C=O) groups is 2. The SMILES string of the molecule is CC(=O)Oc1ccccc1C(=O)NCC(c1ccsc1)N1CCCCCC1. The van der Waals surface area contributed by atoms with Crippen LogP contribution in [0.1, 0.15) is 54.6 Å². The molecular weight excluding hydrogens is 360 g/mol. The molecule has 1 saturated heterocycles. The third-order valence-electron chi connectivity index (χ3n) is 4.85. The van der Waals surface area contributed by atoms with Crippen molar-refractivity contribution in [3.05, 3.63) is 52.2 Å². The van der Waals surface area contributed by atoms with Crippen LogP contribution in [0, 0.1) is 0 Å². The minimum Gasteiger partial charge on any atom is -0.426 e. The number of hydrogen-bond donors (Lipinski definition) is 1. The van der Waals surface area contributed by atoms with E-state index in [4.69, 9.17) is 4.74 Å². The average Bonchev–Trinajstić information content (AvgIpc) is 3.04. The monoisotopic (exact) mass is 386 g/mol. The minimum absolute atomic E-state index is 0.166. The number of nitrogens with one attached hydrogen (secondary N) is 1. The van der Waals surface area contributed by atoms with Gasteiger partial charge in [-0.15, -0.1) is 0 Å². The maximum Gasteiger partial charge on any atom is 0.308 e. The van der Waals surface area contributed by atoms with Crippen LogP contribution in [0.3, 0.4) is 0 Å². The van der Waals surface area contributed by atoms with Gasteiger partial charge in [0, 0.05) is 13.5 Å². The van der Waals surface area contributed by atoms with E-state index in [1.807, 2.05) is 0 Å². The summed E-state index contributed by atoms with van der Waals surface area (Å²) in [6.45, 7) is 3.98. The Hall–Kier alpha value is -2.18. The zero-order valence-corrected chi connectivity index (χ0v) is 16.5. The smallest absolute Gasteiger partial charge is 0.308 e. The van der Waals surface area contributed by atoms with E-state index in [9.17, 15) is 9.59 Å². The van der Waals surface area contributed by atoms with Gasteiger partial charge in [0.2, 0.25) is 0 Å². The summed E-state index contributed by atoms with van der Waals surface area (Å²) in [5, 5.41) is 7.29. The molecule has 1 unspecified atom stereocenters. The fourth-order valence-electron chi connectivity index (χ4n) is 3.51. The van der Waals surface area contributed by atoms with E-state index in [-0.39, 0.29) is 11.9 Å². The van der Waals surface area contributed by atoms with Crippen LogP contribution in [0.25, 0.3) is 0 Å². The maximum absolute atomic E-state index is 12.8. The molecule has 6 heteroatoms. The zero-order chi connectivity index (χ0) is 19.1. The molecule has 1 fully saturated rings. The lowest BCUT2D eigenvalue weighted by atomic mass is 10.1. The van der Waals surface area contributed by atoms with Crippen LogP contribution in [0.4, 0.5) is 0 Å². The third-order valence-corrected chi connectivity index (χ3v) is 5.55. The summed E-state index contributed by atoms with van der Waals surface area (Å²) in [6.07, 6.45) is 4.94. The molecule has 1 aliphatic rings. The van der Waals surface area contributed by atoms with Gasteiger partial charge in [-0.05, 0) is 60.5 Å². The van der Waals surface area contributed by atoms with Crippen LogP contribution in [0.5, 0.6) is 5.75 Å². The number of rotatable bonds is 6. The average molecular weight is 387 g/mol. The number of carbonyl (C=O) groups excluding carboxylic acids is 2. The molecule has 1 amide bonds. The van der Waals surface area contributed by atoms with E-state index >= 15 is 0 Å². The van der Waals surface area contributed by atoms with Gasteiger partial charge >= 0.3 is 5.97 Å². The second kappa shape index (κ2) is 9.67. The van der Waals surface area contributed by atoms with Crippen LogP contribution < -0.4 is 10.1 Å². The van der Waals surface area contributed by atoms with Gasteiger partial charge in [0.25, 0.3) is 5.91 Å². The molecule has 0 spiro atoms. The molecule has 1 aromatic heterocycles. The molecule has 2 aromatic rings. The van der Waals surface area contributed by atoms with Crippen molar-refractivity contribution in [2.24, 2.45) is 0 Å². The quantitative estimate of drug-likeness (QED) is 0.602.